The first kappa shape index (κ1) is 12.4. The van der Waals surface area contributed by atoms with Crippen molar-refractivity contribution in [1.82, 2.24) is 0 Å². The minimum atomic E-state index is -0.0966. The summed E-state index contributed by atoms with van der Waals surface area (Å²) in [4.78, 5) is 22.5. The van der Waals surface area contributed by atoms with E-state index in [0.717, 1.165) is 0 Å². The van der Waals surface area contributed by atoms with Gasteiger partial charge in [-0.25, -0.2) is 0 Å². The molecule has 1 aromatic rings. The lowest BCUT2D eigenvalue weighted by Crippen LogP contribution is -2.11. The van der Waals surface area contributed by atoms with Crippen molar-refractivity contribution in [2.24, 2.45) is 5.73 Å². The lowest BCUT2D eigenvalue weighted by molar-refractivity contribution is 0.101. The van der Waals surface area contributed by atoms with Gasteiger partial charge in [0.05, 0.1) is 0 Å². The summed E-state index contributed by atoms with van der Waals surface area (Å²) < 4.78 is 5.31. The van der Waals surface area contributed by atoms with Crippen molar-refractivity contribution in [1.29, 1.82) is 0 Å². The number of hydrogen-bond acceptors (Lipinski definition) is 4. The number of Topliss-reactive ketones (excluding diaryl/α,β-unsaturated/α-hetero) is 2. The zero-order chi connectivity index (χ0) is 12.1. The molecule has 0 saturated carbocycles. The van der Waals surface area contributed by atoms with Crippen molar-refractivity contribution in [3.63, 3.8) is 0 Å². The summed E-state index contributed by atoms with van der Waals surface area (Å²) in [7, 11) is 0. The Kier molecular flexibility index (Phi) is 4.19. The maximum absolute atomic E-state index is 11.3. The van der Waals surface area contributed by atoms with E-state index in [0.29, 0.717) is 30.0 Å². The van der Waals surface area contributed by atoms with E-state index in [2.05, 4.69) is 0 Å². The lowest BCUT2D eigenvalue weighted by Gasteiger charge is -2.07. The summed E-state index contributed by atoms with van der Waals surface area (Å²) in [5, 5.41) is 0. The highest BCUT2D eigenvalue weighted by Crippen LogP contribution is 2.18. The molecule has 0 heterocycles. The molecule has 16 heavy (non-hydrogen) atoms. The van der Waals surface area contributed by atoms with Crippen LogP contribution in [0.15, 0.2) is 18.2 Å². The molecule has 0 bridgehead atoms. The molecular formula is C12H15NO3. The number of nitrogens with two attached hydrogens (primary N) is 1. The second kappa shape index (κ2) is 5.42. The van der Waals surface area contributed by atoms with Crippen LogP contribution >= 0.6 is 0 Å². The van der Waals surface area contributed by atoms with Crippen molar-refractivity contribution in [3.8, 4) is 5.75 Å². The van der Waals surface area contributed by atoms with Gasteiger partial charge in [0, 0.05) is 17.7 Å². The Morgan fingerprint density at radius 2 is 1.62 bits per heavy atom. The van der Waals surface area contributed by atoms with E-state index in [-0.39, 0.29) is 11.6 Å². The minimum Gasteiger partial charge on any atom is -0.492 e. The number of hydrogen-bond donors (Lipinski definition) is 1. The quantitative estimate of drug-likeness (QED) is 0.763. The number of rotatable bonds is 5. The van der Waals surface area contributed by atoms with Gasteiger partial charge >= 0.3 is 0 Å². The Hall–Kier alpha value is -1.68. The van der Waals surface area contributed by atoms with E-state index in [4.69, 9.17) is 10.5 Å². The number of ether oxygens (including phenoxy) is 1. The Labute approximate surface area is 94.4 Å². The van der Waals surface area contributed by atoms with Crippen LogP contribution in [0.3, 0.4) is 0 Å². The van der Waals surface area contributed by atoms with Crippen molar-refractivity contribution < 1.29 is 14.3 Å². The Morgan fingerprint density at radius 1 is 1.12 bits per heavy atom. The average molecular weight is 221 g/mol. The highest BCUT2D eigenvalue weighted by molar-refractivity contribution is 6.00. The first-order valence-electron chi connectivity index (χ1n) is 5.04. The average Bonchev–Trinajstić information content (AvgIpc) is 2.25. The topological polar surface area (TPSA) is 69.4 Å². The molecule has 2 N–H and O–H groups in total. The summed E-state index contributed by atoms with van der Waals surface area (Å²) in [5.41, 5.74) is 6.26. The fourth-order valence-electron chi connectivity index (χ4n) is 1.27. The van der Waals surface area contributed by atoms with Gasteiger partial charge in [-0.1, -0.05) is 0 Å². The zero-order valence-electron chi connectivity index (χ0n) is 9.45. The molecule has 0 aliphatic carbocycles. The second-order valence-electron chi connectivity index (χ2n) is 3.50. The molecule has 4 nitrogen and oxygen atoms in total. The number of carbonyl (C=O) groups excluding carboxylic acids is 2. The number of carbonyl (C=O) groups is 2. The molecule has 0 aromatic heterocycles. The summed E-state index contributed by atoms with van der Waals surface area (Å²) in [6.07, 6.45) is 0. The van der Waals surface area contributed by atoms with Gasteiger partial charge in [0.1, 0.15) is 12.4 Å². The first-order chi connectivity index (χ1) is 7.54. The monoisotopic (exact) mass is 221 g/mol. The Morgan fingerprint density at radius 3 is 2.00 bits per heavy atom. The third-order valence-electron chi connectivity index (χ3n) is 2.11. The van der Waals surface area contributed by atoms with Crippen molar-refractivity contribution in [2.75, 3.05) is 13.2 Å². The largest absolute Gasteiger partial charge is 0.492 e. The molecule has 0 saturated heterocycles. The smallest absolute Gasteiger partial charge is 0.159 e. The molecular weight excluding hydrogens is 206 g/mol. The van der Waals surface area contributed by atoms with Gasteiger partial charge in [0.2, 0.25) is 0 Å². The first-order valence-corrected chi connectivity index (χ1v) is 5.04. The van der Waals surface area contributed by atoms with E-state index >= 15 is 0 Å². The van der Waals surface area contributed by atoms with Crippen LogP contribution in [0.25, 0.3) is 0 Å². The van der Waals surface area contributed by atoms with Gasteiger partial charge in [-0.05, 0) is 32.0 Å². The van der Waals surface area contributed by atoms with Crippen LogP contribution < -0.4 is 10.5 Å². The van der Waals surface area contributed by atoms with Crippen LogP contribution in [0.4, 0.5) is 0 Å². The van der Waals surface area contributed by atoms with Crippen LogP contribution in [0, 0.1) is 0 Å². The van der Waals surface area contributed by atoms with E-state index in [1.165, 1.54) is 13.8 Å². The Bertz CT molecular complexity index is 380. The second-order valence-corrected chi connectivity index (χ2v) is 3.50. The van der Waals surface area contributed by atoms with Gasteiger partial charge in [-0.2, -0.15) is 0 Å². The maximum Gasteiger partial charge on any atom is 0.159 e. The van der Waals surface area contributed by atoms with E-state index in [1.807, 2.05) is 0 Å². The molecule has 4 heteroatoms. The Balaban J connectivity index is 3.08. The van der Waals surface area contributed by atoms with Gasteiger partial charge in [-0.3, -0.25) is 9.59 Å². The predicted octanol–water partition coefficient (Wildman–Crippen LogP) is 1.43. The van der Waals surface area contributed by atoms with Crippen molar-refractivity contribution >= 4 is 11.6 Å². The van der Waals surface area contributed by atoms with Gasteiger partial charge < -0.3 is 10.5 Å². The number of benzene rings is 1. The van der Waals surface area contributed by atoms with E-state index in [9.17, 15) is 9.59 Å². The molecule has 0 fully saturated rings. The normalized spacial score (nSPS) is 9.94. The van der Waals surface area contributed by atoms with Crippen LogP contribution in [0.1, 0.15) is 34.6 Å². The molecule has 0 radical (unpaired) electrons. The molecule has 0 amide bonds. The third-order valence-corrected chi connectivity index (χ3v) is 2.11. The van der Waals surface area contributed by atoms with Crippen LogP contribution in [-0.2, 0) is 0 Å². The fraction of sp³-hybridized carbons (Fsp3) is 0.333. The summed E-state index contributed by atoms with van der Waals surface area (Å²) in [6, 6.07) is 4.80. The highest BCUT2D eigenvalue weighted by Gasteiger charge is 2.08. The number of ketones is 2. The molecule has 0 spiro atoms. The summed E-state index contributed by atoms with van der Waals surface area (Å²) >= 11 is 0. The fourth-order valence-corrected chi connectivity index (χ4v) is 1.27. The van der Waals surface area contributed by atoms with Gasteiger partial charge in [-0.15, -0.1) is 0 Å². The van der Waals surface area contributed by atoms with Crippen LogP contribution in [0.2, 0.25) is 0 Å². The van der Waals surface area contributed by atoms with Crippen LogP contribution in [0.5, 0.6) is 5.75 Å². The van der Waals surface area contributed by atoms with Crippen LogP contribution in [-0.4, -0.2) is 24.7 Å². The maximum atomic E-state index is 11.3. The molecule has 86 valence electrons. The third kappa shape index (κ3) is 3.17. The van der Waals surface area contributed by atoms with Crippen molar-refractivity contribution in [2.45, 2.75) is 13.8 Å². The van der Waals surface area contributed by atoms with Gasteiger partial charge in [0.25, 0.3) is 0 Å². The molecule has 1 aromatic carbocycles. The minimum absolute atomic E-state index is 0.0966. The molecule has 0 unspecified atom stereocenters. The standard InChI is InChI=1S/C12H15NO3/c1-8(14)10-5-11(9(2)15)7-12(6-10)16-4-3-13/h5-7H,3-4,13H2,1-2H3. The highest BCUT2D eigenvalue weighted by atomic mass is 16.5. The predicted molar refractivity (Wildman–Crippen MR) is 61.0 cm³/mol. The SMILES string of the molecule is CC(=O)c1cc(OCCN)cc(C(C)=O)c1. The molecule has 0 aliphatic rings. The molecule has 1 rings (SSSR count). The summed E-state index contributed by atoms with van der Waals surface area (Å²) in [6.45, 7) is 3.65. The lowest BCUT2D eigenvalue weighted by atomic mass is 10.1. The van der Waals surface area contributed by atoms with Crippen molar-refractivity contribution in [3.05, 3.63) is 29.3 Å². The van der Waals surface area contributed by atoms with E-state index in [1.54, 1.807) is 18.2 Å². The van der Waals surface area contributed by atoms with Gasteiger partial charge in [0.15, 0.2) is 11.6 Å². The summed E-state index contributed by atoms with van der Waals surface area (Å²) in [5.74, 6) is 0.310. The van der Waals surface area contributed by atoms with E-state index < -0.39 is 0 Å². The molecule has 0 aliphatic heterocycles. The molecule has 0 atom stereocenters. The zero-order valence-corrected chi connectivity index (χ0v) is 9.45.